The first-order chi connectivity index (χ1) is 10.5. The Morgan fingerprint density at radius 1 is 1.41 bits per heavy atom. The quantitative estimate of drug-likeness (QED) is 0.891. The minimum atomic E-state index is -0.0374. The van der Waals surface area contributed by atoms with Gasteiger partial charge in [0.15, 0.2) is 6.61 Å². The molecule has 22 heavy (non-hydrogen) atoms. The normalized spacial score (nSPS) is 27.7. The first-order valence-electron chi connectivity index (χ1n) is 8.21. The van der Waals surface area contributed by atoms with Crippen LogP contribution in [0.25, 0.3) is 0 Å². The van der Waals surface area contributed by atoms with Gasteiger partial charge in [0.2, 0.25) is 0 Å². The molecule has 1 aromatic rings. The van der Waals surface area contributed by atoms with E-state index in [1.807, 2.05) is 19.1 Å². The van der Waals surface area contributed by atoms with Crippen molar-refractivity contribution in [2.45, 2.75) is 45.6 Å². The highest BCUT2D eigenvalue weighted by molar-refractivity contribution is 6.30. The maximum atomic E-state index is 12.1. The third-order valence-electron chi connectivity index (χ3n) is 5.32. The maximum absolute atomic E-state index is 12.1. The van der Waals surface area contributed by atoms with Gasteiger partial charge in [-0.1, -0.05) is 18.0 Å². The third kappa shape index (κ3) is 3.40. The van der Waals surface area contributed by atoms with Crippen LogP contribution >= 0.6 is 11.6 Å². The molecule has 0 aromatic heterocycles. The molecule has 1 aromatic carbocycles. The largest absolute Gasteiger partial charge is 0.484 e. The molecule has 2 saturated carbocycles. The molecule has 1 N–H and O–H groups in total. The van der Waals surface area contributed by atoms with Crippen molar-refractivity contribution in [3.8, 4) is 5.75 Å². The highest BCUT2D eigenvalue weighted by Gasteiger charge is 2.42. The van der Waals surface area contributed by atoms with Gasteiger partial charge in [0.05, 0.1) is 0 Å². The fourth-order valence-corrected chi connectivity index (χ4v) is 4.45. The molecule has 0 spiro atoms. The lowest BCUT2D eigenvalue weighted by Gasteiger charge is -2.28. The molecule has 4 heteroatoms. The number of amides is 1. The lowest BCUT2D eigenvalue weighted by Crippen LogP contribution is -2.42. The topological polar surface area (TPSA) is 38.3 Å². The van der Waals surface area contributed by atoms with Gasteiger partial charge in [0, 0.05) is 11.1 Å². The van der Waals surface area contributed by atoms with Crippen molar-refractivity contribution in [2.24, 2.45) is 17.8 Å². The third-order valence-corrected chi connectivity index (χ3v) is 5.55. The standard InChI is InChI=1S/C18H24ClNO2/c1-11-7-15(19)5-6-17(11)22-10-18(21)20-12(2)16-9-13-3-4-14(16)8-13/h5-7,12-14,16H,3-4,8-10H2,1-2H3,(H,20,21)/t12-,13-,14+,16-/m1/s1. The number of ether oxygens (including phenoxy) is 1. The summed E-state index contributed by atoms with van der Waals surface area (Å²) in [4.78, 5) is 12.1. The molecule has 0 unspecified atom stereocenters. The van der Waals surface area contributed by atoms with Crippen molar-refractivity contribution in [3.63, 3.8) is 0 Å². The summed E-state index contributed by atoms with van der Waals surface area (Å²) in [5.41, 5.74) is 0.946. The number of fused-ring (bicyclic) bond motifs is 2. The van der Waals surface area contributed by atoms with Gasteiger partial charge in [-0.15, -0.1) is 0 Å². The molecule has 0 heterocycles. The number of hydrogen-bond acceptors (Lipinski definition) is 2. The van der Waals surface area contributed by atoms with Crippen LogP contribution in [-0.4, -0.2) is 18.6 Å². The Balaban J connectivity index is 1.48. The van der Waals surface area contributed by atoms with Crippen molar-refractivity contribution in [1.82, 2.24) is 5.32 Å². The monoisotopic (exact) mass is 321 g/mol. The van der Waals surface area contributed by atoms with E-state index in [4.69, 9.17) is 16.3 Å². The average molecular weight is 322 g/mol. The van der Waals surface area contributed by atoms with E-state index in [0.717, 1.165) is 17.4 Å². The minimum absolute atomic E-state index is 0.0374. The van der Waals surface area contributed by atoms with Crippen molar-refractivity contribution in [2.75, 3.05) is 6.61 Å². The molecular formula is C18H24ClNO2. The van der Waals surface area contributed by atoms with Crippen LogP contribution in [-0.2, 0) is 4.79 Å². The maximum Gasteiger partial charge on any atom is 0.258 e. The number of halogens is 1. The predicted octanol–water partition coefficient (Wildman–Crippen LogP) is 3.97. The number of carbonyl (C=O) groups excluding carboxylic acids is 1. The van der Waals surface area contributed by atoms with Crippen LogP contribution in [0.2, 0.25) is 5.02 Å². The smallest absolute Gasteiger partial charge is 0.258 e. The lowest BCUT2D eigenvalue weighted by atomic mass is 9.84. The van der Waals surface area contributed by atoms with E-state index in [1.165, 1.54) is 25.7 Å². The molecule has 4 atom stereocenters. The van der Waals surface area contributed by atoms with Crippen LogP contribution in [0.5, 0.6) is 5.75 Å². The van der Waals surface area contributed by atoms with E-state index in [1.54, 1.807) is 6.07 Å². The Morgan fingerprint density at radius 3 is 2.86 bits per heavy atom. The highest BCUT2D eigenvalue weighted by atomic mass is 35.5. The minimum Gasteiger partial charge on any atom is -0.484 e. The average Bonchev–Trinajstić information content (AvgIpc) is 3.09. The van der Waals surface area contributed by atoms with Crippen LogP contribution in [0.15, 0.2) is 18.2 Å². The van der Waals surface area contributed by atoms with Gasteiger partial charge in [-0.05, 0) is 74.6 Å². The van der Waals surface area contributed by atoms with Gasteiger partial charge in [-0.2, -0.15) is 0 Å². The van der Waals surface area contributed by atoms with Gasteiger partial charge in [0.1, 0.15) is 5.75 Å². The fourth-order valence-electron chi connectivity index (χ4n) is 4.23. The molecular weight excluding hydrogens is 298 g/mol. The number of nitrogens with one attached hydrogen (secondary N) is 1. The molecule has 2 fully saturated rings. The van der Waals surface area contributed by atoms with Crippen molar-refractivity contribution in [3.05, 3.63) is 28.8 Å². The number of aryl methyl sites for hydroxylation is 1. The summed E-state index contributed by atoms with van der Waals surface area (Å²) in [6.07, 6.45) is 5.38. The number of benzene rings is 1. The van der Waals surface area contributed by atoms with Gasteiger partial charge >= 0.3 is 0 Å². The van der Waals surface area contributed by atoms with Gasteiger partial charge < -0.3 is 10.1 Å². The second-order valence-corrected chi connectivity index (χ2v) is 7.33. The van der Waals surface area contributed by atoms with E-state index in [9.17, 15) is 4.79 Å². The summed E-state index contributed by atoms with van der Waals surface area (Å²) < 4.78 is 5.61. The van der Waals surface area contributed by atoms with E-state index in [-0.39, 0.29) is 18.6 Å². The molecule has 0 aliphatic heterocycles. The summed E-state index contributed by atoms with van der Waals surface area (Å²) in [7, 11) is 0. The van der Waals surface area contributed by atoms with E-state index in [0.29, 0.717) is 16.7 Å². The van der Waals surface area contributed by atoms with Crippen LogP contribution in [0.1, 0.15) is 38.2 Å². The van der Waals surface area contributed by atoms with E-state index < -0.39 is 0 Å². The molecule has 0 radical (unpaired) electrons. The van der Waals surface area contributed by atoms with Crippen LogP contribution in [0.3, 0.4) is 0 Å². The summed E-state index contributed by atoms with van der Waals surface area (Å²) in [5.74, 6) is 3.05. The zero-order chi connectivity index (χ0) is 15.7. The van der Waals surface area contributed by atoms with Crippen molar-refractivity contribution >= 4 is 17.5 Å². The van der Waals surface area contributed by atoms with Gasteiger partial charge in [0.25, 0.3) is 5.91 Å². The molecule has 3 rings (SSSR count). The Bertz CT molecular complexity index is 560. The summed E-state index contributed by atoms with van der Waals surface area (Å²) in [5, 5.41) is 3.80. The molecule has 2 aliphatic carbocycles. The fraction of sp³-hybridized carbons (Fsp3) is 0.611. The van der Waals surface area contributed by atoms with Crippen molar-refractivity contribution < 1.29 is 9.53 Å². The molecule has 3 nitrogen and oxygen atoms in total. The molecule has 0 saturated heterocycles. The molecule has 2 bridgehead atoms. The second-order valence-electron chi connectivity index (χ2n) is 6.89. The van der Waals surface area contributed by atoms with Crippen molar-refractivity contribution in [1.29, 1.82) is 0 Å². The number of hydrogen-bond donors (Lipinski definition) is 1. The molecule has 120 valence electrons. The second kappa shape index (κ2) is 6.49. The van der Waals surface area contributed by atoms with Crippen LogP contribution < -0.4 is 10.1 Å². The Labute approximate surface area is 137 Å². The first-order valence-corrected chi connectivity index (χ1v) is 8.59. The van der Waals surface area contributed by atoms with Gasteiger partial charge in [-0.25, -0.2) is 0 Å². The Hall–Kier alpha value is -1.22. The van der Waals surface area contributed by atoms with E-state index >= 15 is 0 Å². The highest BCUT2D eigenvalue weighted by Crippen LogP contribution is 2.49. The Kier molecular flexibility index (Phi) is 4.62. The van der Waals surface area contributed by atoms with Crippen LogP contribution in [0, 0.1) is 24.7 Å². The predicted molar refractivity (Wildman–Crippen MR) is 88.2 cm³/mol. The first kappa shape index (κ1) is 15.7. The zero-order valence-corrected chi connectivity index (χ0v) is 14.0. The van der Waals surface area contributed by atoms with Gasteiger partial charge in [-0.3, -0.25) is 4.79 Å². The number of rotatable bonds is 5. The van der Waals surface area contributed by atoms with E-state index in [2.05, 4.69) is 12.2 Å². The Morgan fingerprint density at radius 2 is 2.23 bits per heavy atom. The SMILES string of the molecule is Cc1cc(Cl)ccc1OCC(=O)N[C@H](C)[C@H]1C[C@@H]2CC[C@H]1C2. The molecule has 2 aliphatic rings. The number of carbonyl (C=O) groups is 1. The zero-order valence-electron chi connectivity index (χ0n) is 13.3. The van der Waals surface area contributed by atoms with Crippen LogP contribution in [0.4, 0.5) is 0 Å². The lowest BCUT2D eigenvalue weighted by molar-refractivity contribution is -0.124. The summed E-state index contributed by atoms with van der Waals surface area (Å²) >= 11 is 5.92. The summed E-state index contributed by atoms with van der Waals surface area (Å²) in [6.45, 7) is 4.13. The molecule has 1 amide bonds. The summed E-state index contributed by atoms with van der Waals surface area (Å²) in [6, 6.07) is 5.68.